The topological polar surface area (TPSA) is 56.1 Å². The summed E-state index contributed by atoms with van der Waals surface area (Å²) in [5, 5.41) is 7.74. The molecule has 1 heterocycles. The molecule has 0 bridgehead atoms. The molecule has 2 rings (SSSR count). The zero-order valence-corrected chi connectivity index (χ0v) is 11.3. The Morgan fingerprint density at radius 3 is 3.06 bits per heavy atom. The Balaban J connectivity index is 2.15. The fourth-order valence-electron chi connectivity index (χ4n) is 2.83. The Morgan fingerprint density at radius 2 is 2.50 bits per heavy atom. The standard InChI is InChI=1S/C13H21N3O2/c1-4-14-13(12(17)18-3)7-5-11(9-13)16-8-6-10(2)15-16/h6,8,11,14H,4-5,7,9H2,1-3H3. The van der Waals surface area contributed by atoms with Crippen molar-refractivity contribution < 1.29 is 9.53 Å². The molecule has 1 aromatic rings. The monoisotopic (exact) mass is 251 g/mol. The van der Waals surface area contributed by atoms with Crippen molar-refractivity contribution in [3.05, 3.63) is 18.0 Å². The molecule has 2 atom stereocenters. The van der Waals surface area contributed by atoms with Crippen LogP contribution in [-0.2, 0) is 9.53 Å². The number of aryl methyl sites for hydroxylation is 1. The van der Waals surface area contributed by atoms with Crippen molar-refractivity contribution in [1.82, 2.24) is 15.1 Å². The number of carbonyl (C=O) groups is 1. The third-order valence-corrected chi connectivity index (χ3v) is 3.70. The first-order valence-electron chi connectivity index (χ1n) is 6.46. The first kappa shape index (κ1) is 13.1. The third-order valence-electron chi connectivity index (χ3n) is 3.70. The van der Waals surface area contributed by atoms with Gasteiger partial charge in [0.15, 0.2) is 0 Å². The lowest BCUT2D eigenvalue weighted by atomic mass is 9.97. The highest BCUT2D eigenvalue weighted by atomic mass is 16.5. The van der Waals surface area contributed by atoms with Crippen LogP contribution < -0.4 is 5.32 Å². The van der Waals surface area contributed by atoms with Gasteiger partial charge in [-0.1, -0.05) is 6.92 Å². The van der Waals surface area contributed by atoms with E-state index in [-0.39, 0.29) is 12.0 Å². The molecule has 1 N–H and O–H groups in total. The predicted molar refractivity (Wildman–Crippen MR) is 68.3 cm³/mol. The first-order chi connectivity index (χ1) is 8.61. The van der Waals surface area contributed by atoms with Crippen molar-refractivity contribution in [2.24, 2.45) is 0 Å². The highest BCUT2D eigenvalue weighted by Gasteiger charge is 2.46. The minimum Gasteiger partial charge on any atom is -0.468 e. The summed E-state index contributed by atoms with van der Waals surface area (Å²) in [6, 6.07) is 2.27. The summed E-state index contributed by atoms with van der Waals surface area (Å²) < 4.78 is 6.92. The van der Waals surface area contributed by atoms with E-state index in [0.29, 0.717) is 0 Å². The molecule has 0 saturated heterocycles. The second-order valence-electron chi connectivity index (χ2n) is 4.94. The summed E-state index contributed by atoms with van der Waals surface area (Å²) in [6.07, 6.45) is 4.48. The molecule has 100 valence electrons. The molecule has 1 aromatic heterocycles. The molecule has 5 nitrogen and oxygen atoms in total. The number of methoxy groups -OCH3 is 1. The summed E-state index contributed by atoms with van der Waals surface area (Å²) in [6.45, 7) is 4.75. The van der Waals surface area contributed by atoms with Gasteiger partial charge in [0, 0.05) is 6.20 Å². The molecule has 1 fully saturated rings. The molecule has 0 radical (unpaired) electrons. The predicted octanol–water partition coefficient (Wildman–Crippen LogP) is 1.44. The maximum Gasteiger partial charge on any atom is 0.326 e. The fraction of sp³-hybridized carbons (Fsp3) is 0.692. The van der Waals surface area contributed by atoms with Crippen molar-refractivity contribution in [1.29, 1.82) is 0 Å². The van der Waals surface area contributed by atoms with E-state index in [1.54, 1.807) is 0 Å². The number of rotatable bonds is 4. The molecular formula is C13H21N3O2. The fourth-order valence-corrected chi connectivity index (χ4v) is 2.83. The molecular weight excluding hydrogens is 230 g/mol. The number of hydrogen-bond donors (Lipinski definition) is 1. The number of esters is 1. The van der Waals surface area contributed by atoms with E-state index in [2.05, 4.69) is 10.4 Å². The molecule has 2 unspecified atom stereocenters. The van der Waals surface area contributed by atoms with Gasteiger partial charge in [-0.3, -0.25) is 9.48 Å². The molecule has 18 heavy (non-hydrogen) atoms. The van der Waals surface area contributed by atoms with E-state index in [1.165, 1.54) is 7.11 Å². The lowest BCUT2D eigenvalue weighted by Crippen LogP contribution is -2.50. The number of nitrogens with zero attached hydrogens (tertiary/aromatic N) is 2. The Labute approximate surface area is 108 Å². The molecule has 0 aliphatic heterocycles. The average Bonchev–Trinajstić information content (AvgIpc) is 2.96. The summed E-state index contributed by atoms with van der Waals surface area (Å²) in [5.74, 6) is -0.157. The van der Waals surface area contributed by atoms with Crippen LogP contribution in [-0.4, -0.2) is 34.9 Å². The van der Waals surface area contributed by atoms with E-state index in [0.717, 1.165) is 31.5 Å². The van der Waals surface area contributed by atoms with Crippen molar-refractivity contribution in [3.63, 3.8) is 0 Å². The van der Waals surface area contributed by atoms with Gasteiger partial charge in [0.05, 0.1) is 18.8 Å². The van der Waals surface area contributed by atoms with Crippen LogP contribution in [0.5, 0.6) is 0 Å². The quantitative estimate of drug-likeness (QED) is 0.823. The molecule has 0 aromatic carbocycles. The highest BCUT2D eigenvalue weighted by molar-refractivity contribution is 5.81. The Morgan fingerprint density at radius 1 is 1.72 bits per heavy atom. The van der Waals surface area contributed by atoms with E-state index in [1.807, 2.05) is 30.8 Å². The molecule has 1 saturated carbocycles. The van der Waals surface area contributed by atoms with Gasteiger partial charge >= 0.3 is 5.97 Å². The zero-order valence-electron chi connectivity index (χ0n) is 11.3. The van der Waals surface area contributed by atoms with E-state index in [9.17, 15) is 4.79 Å². The Bertz CT molecular complexity index is 430. The lowest BCUT2D eigenvalue weighted by Gasteiger charge is -2.27. The van der Waals surface area contributed by atoms with Gasteiger partial charge in [-0.2, -0.15) is 5.10 Å². The SMILES string of the molecule is CCNC1(C(=O)OC)CCC(n2ccc(C)n2)C1. The number of aromatic nitrogens is 2. The van der Waals surface area contributed by atoms with Crippen LogP contribution in [0, 0.1) is 6.92 Å². The van der Waals surface area contributed by atoms with Crippen molar-refractivity contribution >= 4 is 5.97 Å². The zero-order chi connectivity index (χ0) is 13.2. The summed E-state index contributed by atoms with van der Waals surface area (Å²) in [5.41, 5.74) is 0.475. The molecule has 5 heteroatoms. The Kier molecular flexibility index (Phi) is 3.71. The number of likely N-dealkylation sites (N-methyl/N-ethyl adjacent to an activating group) is 1. The van der Waals surface area contributed by atoms with Gasteiger partial charge in [0.2, 0.25) is 0 Å². The second-order valence-corrected chi connectivity index (χ2v) is 4.94. The van der Waals surface area contributed by atoms with Gasteiger partial charge in [0.25, 0.3) is 0 Å². The van der Waals surface area contributed by atoms with Crippen molar-refractivity contribution in [3.8, 4) is 0 Å². The number of ether oxygens (including phenoxy) is 1. The second kappa shape index (κ2) is 5.10. The van der Waals surface area contributed by atoms with Crippen LogP contribution in [0.25, 0.3) is 0 Å². The molecule has 0 spiro atoms. The lowest BCUT2D eigenvalue weighted by molar-refractivity contribution is -0.148. The average molecular weight is 251 g/mol. The third kappa shape index (κ3) is 2.27. The molecule has 1 aliphatic rings. The van der Waals surface area contributed by atoms with Crippen LogP contribution in [0.2, 0.25) is 0 Å². The van der Waals surface area contributed by atoms with Gasteiger partial charge in [0.1, 0.15) is 5.54 Å². The number of carbonyl (C=O) groups excluding carboxylic acids is 1. The van der Waals surface area contributed by atoms with E-state index >= 15 is 0 Å². The van der Waals surface area contributed by atoms with Crippen molar-refractivity contribution in [2.75, 3.05) is 13.7 Å². The minimum absolute atomic E-state index is 0.157. The van der Waals surface area contributed by atoms with Crippen LogP contribution in [0.3, 0.4) is 0 Å². The minimum atomic E-state index is -0.534. The maximum absolute atomic E-state index is 12.0. The van der Waals surface area contributed by atoms with Crippen LogP contribution >= 0.6 is 0 Å². The summed E-state index contributed by atoms with van der Waals surface area (Å²) >= 11 is 0. The maximum atomic E-state index is 12.0. The number of nitrogens with one attached hydrogen (secondary N) is 1. The summed E-state index contributed by atoms with van der Waals surface area (Å²) in [7, 11) is 1.45. The van der Waals surface area contributed by atoms with Gasteiger partial charge in [-0.05, 0) is 38.8 Å². The smallest absolute Gasteiger partial charge is 0.326 e. The van der Waals surface area contributed by atoms with Crippen LogP contribution in [0.15, 0.2) is 12.3 Å². The van der Waals surface area contributed by atoms with E-state index in [4.69, 9.17) is 4.74 Å². The molecule has 1 aliphatic carbocycles. The number of hydrogen-bond acceptors (Lipinski definition) is 4. The van der Waals surface area contributed by atoms with Gasteiger partial charge in [-0.25, -0.2) is 0 Å². The largest absolute Gasteiger partial charge is 0.468 e. The Hall–Kier alpha value is -1.36. The highest BCUT2D eigenvalue weighted by Crippen LogP contribution is 2.38. The van der Waals surface area contributed by atoms with E-state index < -0.39 is 5.54 Å². The molecule has 0 amide bonds. The van der Waals surface area contributed by atoms with Crippen molar-refractivity contribution in [2.45, 2.75) is 44.7 Å². The normalized spacial score (nSPS) is 27.4. The van der Waals surface area contributed by atoms with Crippen LogP contribution in [0.4, 0.5) is 0 Å². The van der Waals surface area contributed by atoms with Crippen LogP contribution in [0.1, 0.15) is 37.9 Å². The first-order valence-corrected chi connectivity index (χ1v) is 6.46. The van der Waals surface area contributed by atoms with Gasteiger partial charge in [-0.15, -0.1) is 0 Å². The van der Waals surface area contributed by atoms with Gasteiger partial charge < -0.3 is 10.1 Å². The summed E-state index contributed by atoms with van der Waals surface area (Å²) in [4.78, 5) is 12.0.